The fraction of sp³-hybridized carbons (Fsp3) is 0.556. The van der Waals surface area contributed by atoms with E-state index in [0.717, 1.165) is 6.42 Å². The number of benzene rings is 1. The molecule has 0 spiro atoms. The summed E-state index contributed by atoms with van der Waals surface area (Å²) in [5, 5.41) is 2.87. The van der Waals surface area contributed by atoms with E-state index in [-0.39, 0.29) is 17.6 Å². The highest BCUT2D eigenvalue weighted by molar-refractivity contribution is 7.99. The zero-order valence-corrected chi connectivity index (χ0v) is 15.5. The number of piperazine rings is 1. The van der Waals surface area contributed by atoms with Gasteiger partial charge in [0.1, 0.15) is 5.82 Å². The molecule has 0 unspecified atom stereocenters. The summed E-state index contributed by atoms with van der Waals surface area (Å²) in [6.07, 6.45) is 1.33. The van der Waals surface area contributed by atoms with Crippen molar-refractivity contribution in [1.82, 2.24) is 15.1 Å². The minimum atomic E-state index is -0.241. The van der Waals surface area contributed by atoms with Gasteiger partial charge in [0.05, 0.1) is 6.54 Å². The van der Waals surface area contributed by atoms with Crippen molar-refractivity contribution >= 4 is 23.6 Å². The predicted octanol–water partition coefficient (Wildman–Crippen LogP) is 1.98. The summed E-state index contributed by atoms with van der Waals surface area (Å²) in [4.78, 5) is 28.5. The summed E-state index contributed by atoms with van der Waals surface area (Å²) in [5.41, 5.74) is 0. The Morgan fingerprint density at radius 2 is 1.92 bits per heavy atom. The molecule has 0 radical (unpaired) electrons. The van der Waals surface area contributed by atoms with Crippen LogP contribution in [0.1, 0.15) is 19.8 Å². The zero-order valence-electron chi connectivity index (χ0n) is 14.7. The molecule has 138 valence electrons. The number of carbonyl (C=O) groups excluding carboxylic acids is 2. The van der Waals surface area contributed by atoms with Crippen LogP contribution in [0, 0.1) is 5.82 Å². The number of halogens is 1. The number of rotatable bonds is 8. The molecule has 1 aromatic carbocycles. The second-order valence-corrected chi connectivity index (χ2v) is 7.17. The Hall–Kier alpha value is -1.60. The number of hydrogen-bond acceptors (Lipinski definition) is 4. The fourth-order valence-electron chi connectivity index (χ4n) is 2.65. The molecule has 1 N–H and O–H groups in total. The summed E-state index contributed by atoms with van der Waals surface area (Å²) in [7, 11) is 0. The first-order valence-electron chi connectivity index (χ1n) is 8.74. The number of thioether (sulfide) groups is 1. The molecule has 1 saturated heterocycles. The molecule has 0 aliphatic carbocycles. The van der Waals surface area contributed by atoms with Gasteiger partial charge in [-0.2, -0.15) is 0 Å². The Labute approximate surface area is 152 Å². The predicted molar refractivity (Wildman–Crippen MR) is 98.1 cm³/mol. The third-order valence-electron chi connectivity index (χ3n) is 4.07. The number of amides is 2. The molecule has 25 heavy (non-hydrogen) atoms. The first-order valence-corrected chi connectivity index (χ1v) is 9.73. The molecule has 0 saturated carbocycles. The van der Waals surface area contributed by atoms with Gasteiger partial charge < -0.3 is 10.2 Å². The third kappa shape index (κ3) is 6.66. The molecule has 1 aromatic rings. The summed E-state index contributed by atoms with van der Waals surface area (Å²) < 4.78 is 13.5. The van der Waals surface area contributed by atoms with Crippen LogP contribution < -0.4 is 5.32 Å². The van der Waals surface area contributed by atoms with Crippen molar-refractivity contribution in [3.8, 4) is 0 Å². The van der Waals surface area contributed by atoms with E-state index in [1.54, 1.807) is 18.2 Å². The Balaban J connectivity index is 1.65. The highest BCUT2D eigenvalue weighted by atomic mass is 32.2. The Kier molecular flexibility index (Phi) is 8.21. The lowest BCUT2D eigenvalue weighted by molar-refractivity contribution is -0.132. The molecular weight excluding hydrogens is 341 g/mol. The van der Waals surface area contributed by atoms with Gasteiger partial charge in [-0.3, -0.25) is 14.5 Å². The van der Waals surface area contributed by atoms with E-state index in [0.29, 0.717) is 56.3 Å². The fourth-order valence-corrected chi connectivity index (χ4v) is 3.52. The van der Waals surface area contributed by atoms with Crippen LogP contribution in [0.15, 0.2) is 29.2 Å². The van der Waals surface area contributed by atoms with E-state index < -0.39 is 0 Å². The maximum Gasteiger partial charge on any atom is 0.234 e. The lowest BCUT2D eigenvalue weighted by atomic mass is 10.3. The van der Waals surface area contributed by atoms with Crippen molar-refractivity contribution in [2.75, 3.05) is 45.0 Å². The van der Waals surface area contributed by atoms with Crippen LogP contribution in [0.5, 0.6) is 0 Å². The van der Waals surface area contributed by atoms with Gasteiger partial charge in [0.25, 0.3) is 0 Å². The maximum absolute atomic E-state index is 13.5. The average Bonchev–Trinajstić information content (AvgIpc) is 2.62. The highest BCUT2D eigenvalue weighted by Gasteiger charge is 2.22. The molecule has 7 heteroatoms. The van der Waals surface area contributed by atoms with Gasteiger partial charge in [0.15, 0.2) is 0 Å². The average molecular weight is 367 g/mol. The van der Waals surface area contributed by atoms with Crippen LogP contribution in [0.3, 0.4) is 0 Å². The first kappa shape index (κ1) is 19.7. The highest BCUT2D eigenvalue weighted by Crippen LogP contribution is 2.22. The normalized spacial score (nSPS) is 15.2. The van der Waals surface area contributed by atoms with E-state index in [1.807, 2.05) is 11.8 Å². The Morgan fingerprint density at radius 3 is 2.60 bits per heavy atom. The van der Waals surface area contributed by atoms with Crippen molar-refractivity contribution in [3.05, 3.63) is 30.1 Å². The van der Waals surface area contributed by atoms with E-state index in [2.05, 4.69) is 10.2 Å². The zero-order chi connectivity index (χ0) is 18.1. The van der Waals surface area contributed by atoms with Crippen molar-refractivity contribution in [2.24, 2.45) is 0 Å². The van der Waals surface area contributed by atoms with Crippen LogP contribution in [0.25, 0.3) is 0 Å². The van der Waals surface area contributed by atoms with Crippen LogP contribution in [-0.4, -0.2) is 66.6 Å². The topological polar surface area (TPSA) is 52.7 Å². The van der Waals surface area contributed by atoms with Gasteiger partial charge in [0.2, 0.25) is 11.8 Å². The van der Waals surface area contributed by atoms with Crippen LogP contribution in [-0.2, 0) is 9.59 Å². The maximum atomic E-state index is 13.5. The molecule has 5 nitrogen and oxygen atoms in total. The minimum Gasteiger partial charge on any atom is -0.355 e. The van der Waals surface area contributed by atoms with Crippen molar-refractivity contribution < 1.29 is 14.0 Å². The number of hydrogen-bond donors (Lipinski definition) is 1. The summed E-state index contributed by atoms with van der Waals surface area (Å²) >= 11 is 1.37. The summed E-state index contributed by atoms with van der Waals surface area (Å²) in [5.74, 6) is 0.469. The number of nitrogens with one attached hydrogen (secondary N) is 1. The van der Waals surface area contributed by atoms with E-state index in [4.69, 9.17) is 0 Å². The van der Waals surface area contributed by atoms with Gasteiger partial charge in [-0.15, -0.1) is 11.8 Å². The SMILES string of the molecule is CCCNC(=O)CN1CCN(C(=O)CCSc2ccccc2F)CC1. The number of carbonyl (C=O) groups is 2. The summed E-state index contributed by atoms with van der Waals surface area (Å²) in [6, 6.07) is 6.61. The van der Waals surface area contributed by atoms with Crippen molar-refractivity contribution in [3.63, 3.8) is 0 Å². The van der Waals surface area contributed by atoms with E-state index >= 15 is 0 Å². The van der Waals surface area contributed by atoms with Crippen molar-refractivity contribution in [2.45, 2.75) is 24.7 Å². The Bertz CT molecular complexity index is 577. The lowest BCUT2D eigenvalue weighted by Crippen LogP contribution is -2.51. The first-order chi connectivity index (χ1) is 12.1. The monoisotopic (exact) mass is 367 g/mol. The standard InChI is InChI=1S/C18H26FN3O2S/c1-2-8-20-17(23)14-21-9-11-22(12-10-21)18(24)7-13-25-16-6-4-3-5-15(16)19/h3-6H,2,7-14H2,1H3,(H,20,23). The lowest BCUT2D eigenvalue weighted by Gasteiger charge is -2.34. The van der Waals surface area contributed by atoms with Gasteiger partial charge in [-0.1, -0.05) is 19.1 Å². The van der Waals surface area contributed by atoms with Crippen LogP contribution in [0.2, 0.25) is 0 Å². The molecule has 1 aliphatic heterocycles. The second-order valence-electron chi connectivity index (χ2n) is 6.04. The van der Waals surface area contributed by atoms with Crippen LogP contribution in [0.4, 0.5) is 4.39 Å². The number of nitrogens with zero attached hydrogens (tertiary/aromatic N) is 2. The van der Waals surface area contributed by atoms with Crippen LogP contribution >= 0.6 is 11.8 Å². The summed E-state index contributed by atoms with van der Waals surface area (Å²) in [6.45, 7) is 5.84. The largest absolute Gasteiger partial charge is 0.355 e. The van der Waals surface area contributed by atoms with Gasteiger partial charge in [-0.05, 0) is 18.6 Å². The molecule has 0 atom stereocenters. The molecule has 0 aromatic heterocycles. The molecule has 1 fully saturated rings. The smallest absolute Gasteiger partial charge is 0.234 e. The molecule has 1 aliphatic rings. The third-order valence-corrected chi connectivity index (χ3v) is 5.12. The second kappa shape index (κ2) is 10.4. The van der Waals surface area contributed by atoms with Crippen molar-refractivity contribution in [1.29, 1.82) is 0 Å². The molecule has 2 rings (SSSR count). The quantitative estimate of drug-likeness (QED) is 0.714. The van der Waals surface area contributed by atoms with E-state index in [9.17, 15) is 14.0 Å². The van der Waals surface area contributed by atoms with E-state index in [1.165, 1.54) is 17.8 Å². The van der Waals surface area contributed by atoms with Gasteiger partial charge >= 0.3 is 0 Å². The Morgan fingerprint density at radius 1 is 1.20 bits per heavy atom. The molecular formula is C18H26FN3O2S. The van der Waals surface area contributed by atoms with Gasteiger partial charge in [-0.25, -0.2) is 4.39 Å². The molecule has 0 bridgehead atoms. The molecule has 2 amide bonds. The minimum absolute atomic E-state index is 0.0444. The molecule has 1 heterocycles. The van der Waals surface area contributed by atoms with Gasteiger partial charge in [0, 0.05) is 49.8 Å².